The van der Waals surface area contributed by atoms with Crippen molar-refractivity contribution in [2.75, 3.05) is 7.11 Å². The van der Waals surface area contributed by atoms with Gasteiger partial charge < -0.3 is 9.84 Å². The first kappa shape index (κ1) is 26.4. The van der Waals surface area contributed by atoms with E-state index >= 15 is 0 Å². The van der Waals surface area contributed by atoms with Crippen molar-refractivity contribution in [2.24, 2.45) is 0 Å². The minimum absolute atomic E-state index is 0.175. The van der Waals surface area contributed by atoms with Gasteiger partial charge >= 0.3 is 0 Å². The number of aromatic nitrogens is 3. The molecular weight excluding hydrogens is 534 g/mol. The quantitative estimate of drug-likeness (QED) is 0.242. The highest BCUT2D eigenvalue weighted by Gasteiger charge is 2.24. The molecule has 0 aliphatic carbocycles. The van der Waals surface area contributed by atoms with Gasteiger partial charge in [-0.15, -0.1) is 0 Å². The van der Waals surface area contributed by atoms with Crippen molar-refractivity contribution in [1.29, 1.82) is 0 Å². The Morgan fingerprint density at radius 1 is 0.829 bits per heavy atom. The van der Waals surface area contributed by atoms with Crippen LogP contribution < -0.4 is 4.74 Å². The number of hydrogen-bond acceptors (Lipinski definition) is 6. The standard InChI is InChI=1S/C33H27N3O4S/c1-22-13-15-26(16-14-22)41(38,39)36-21-29(27-10-3-4-12-31(27)40-2)28-19-25(20-35-33(28)36)23-8-7-9-24(18-23)32(37)30-11-5-6-17-34-30/h3-21,32,37H,1-2H3. The molecule has 1 unspecified atom stereocenters. The van der Waals surface area contributed by atoms with Crippen LogP contribution in [0.4, 0.5) is 0 Å². The summed E-state index contributed by atoms with van der Waals surface area (Å²) in [6, 6.07) is 29.1. The number of pyridine rings is 2. The molecular formula is C33H27N3O4S. The van der Waals surface area contributed by atoms with Crippen LogP contribution in [0.1, 0.15) is 22.9 Å². The van der Waals surface area contributed by atoms with Gasteiger partial charge in [0.15, 0.2) is 5.65 Å². The fraction of sp³-hybridized carbons (Fsp3) is 0.0909. The zero-order chi connectivity index (χ0) is 28.6. The first-order chi connectivity index (χ1) is 19.9. The van der Waals surface area contributed by atoms with E-state index in [1.165, 1.54) is 3.97 Å². The Hall–Kier alpha value is -4.79. The van der Waals surface area contributed by atoms with Crippen LogP contribution in [0.15, 0.2) is 121 Å². The van der Waals surface area contributed by atoms with Gasteiger partial charge in [0.1, 0.15) is 11.9 Å². The van der Waals surface area contributed by atoms with Crippen molar-refractivity contribution in [3.63, 3.8) is 0 Å². The molecule has 1 N–H and O–H groups in total. The molecule has 0 radical (unpaired) electrons. The van der Waals surface area contributed by atoms with Crippen molar-refractivity contribution in [3.8, 4) is 28.0 Å². The van der Waals surface area contributed by atoms with E-state index < -0.39 is 16.1 Å². The molecule has 0 saturated carbocycles. The summed E-state index contributed by atoms with van der Waals surface area (Å²) in [5.41, 5.74) is 5.53. The normalized spacial score (nSPS) is 12.4. The molecule has 0 bridgehead atoms. The van der Waals surface area contributed by atoms with Crippen LogP contribution >= 0.6 is 0 Å². The average molecular weight is 562 g/mol. The van der Waals surface area contributed by atoms with Gasteiger partial charge in [-0.1, -0.05) is 60.2 Å². The Morgan fingerprint density at radius 3 is 2.37 bits per heavy atom. The number of benzene rings is 3. The Labute approximate surface area is 238 Å². The van der Waals surface area contributed by atoms with Crippen LogP contribution in [0, 0.1) is 6.92 Å². The van der Waals surface area contributed by atoms with Crippen molar-refractivity contribution in [3.05, 3.63) is 132 Å². The lowest BCUT2D eigenvalue weighted by Crippen LogP contribution is -2.12. The summed E-state index contributed by atoms with van der Waals surface area (Å²) in [5.74, 6) is 0.616. The molecule has 6 rings (SSSR count). The minimum Gasteiger partial charge on any atom is -0.496 e. The van der Waals surface area contributed by atoms with Crippen LogP contribution in [0.3, 0.4) is 0 Å². The summed E-state index contributed by atoms with van der Waals surface area (Å²) >= 11 is 0. The maximum absolute atomic E-state index is 13.8. The molecule has 6 aromatic rings. The zero-order valence-electron chi connectivity index (χ0n) is 22.5. The van der Waals surface area contributed by atoms with Crippen molar-refractivity contribution >= 4 is 21.1 Å². The van der Waals surface area contributed by atoms with E-state index in [2.05, 4.69) is 9.97 Å². The SMILES string of the molecule is COc1ccccc1-c1cn(S(=O)(=O)c2ccc(C)cc2)c2ncc(-c3cccc(C(O)c4ccccn4)c3)cc12. The fourth-order valence-electron chi connectivity index (χ4n) is 4.92. The van der Waals surface area contributed by atoms with Gasteiger partial charge in [0.25, 0.3) is 10.0 Å². The number of rotatable bonds is 7. The summed E-state index contributed by atoms with van der Waals surface area (Å²) in [5, 5.41) is 11.6. The van der Waals surface area contributed by atoms with Gasteiger partial charge in [-0.25, -0.2) is 17.4 Å². The topological polar surface area (TPSA) is 94.3 Å². The van der Waals surface area contributed by atoms with Gasteiger partial charge in [0.05, 0.1) is 17.7 Å². The van der Waals surface area contributed by atoms with E-state index in [0.29, 0.717) is 33.6 Å². The third-order valence-corrected chi connectivity index (χ3v) is 8.75. The highest BCUT2D eigenvalue weighted by Crippen LogP contribution is 2.39. The van der Waals surface area contributed by atoms with E-state index in [1.54, 1.807) is 62.1 Å². The lowest BCUT2D eigenvalue weighted by molar-refractivity contribution is 0.215. The predicted octanol–water partition coefficient (Wildman–Crippen LogP) is 6.40. The molecule has 0 aliphatic heterocycles. The average Bonchev–Trinajstić information content (AvgIpc) is 3.41. The van der Waals surface area contributed by atoms with E-state index in [9.17, 15) is 13.5 Å². The van der Waals surface area contributed by atoms with Gasteiger partial charge in [0, 0.05) is 40.7 Å². The van der Waals surface area contributed by atoms with Crippen molar-refractivity contribution in [1.82, 2.24) is 13.9 Å². The second kappa shape index (κ2) is 10.6. The Bertz CT molecular complexity index is 1970. The smallest absolute Gasteiger partial charge is 0.269 e. The number of hydrogen-bond donors (Lipinski definition) is 1. The molecule has 1 atom stereocenters. The molecule has 8 heteroatoms. The number of aryl methyl sites for hydroxylation is 1. The van der Waals surface area contributed by atoms with Gasteiger partial charge in [-0.3, -0.25) is 4.98 Å². The summed E-state index contributed by atoms with van der Waals surface area (Å²) in [4.78, 5) is 9.13. The summed E-state index contributed by atoms with van der Waals surface area (Å²) in [7, 11) is -2.36. The second-order valence-corrected chi connectivity index (χ2v) is 11.5. The third-order valence-electron chi connectivity index (χ3n) is 7.09. The van der Waals surface area contributed by atoms with E-state index in [1.807, 2.05) is 67.6 Å². The lowest BCUT2D eigenvalue weighted by Gasteiger charge is -2.12. The van der Waals surface area contributed by atoms with Gasteiger partial charge in [-0.2, -0.15) is 0 Å². The molecule has 3 aromatic carbocycles. The largest absolute Gasteiger partial charge is 0.496 e. The van der Waals surface area contributed by atoms with Gasteiger partial charge in [-0.05, 0) is 60.5 Å². The highest BCUT2D eigenvalue weighted by molar-refractivity contribution is 7.90. The first-order valence-corrected chi connectivity index (χ1v) is 14.5. The van der Waals surface area contributed by atoms with E-state index in [-0.39, 0.29) is 4.90 Å². The monoisotopic (exact) mass is 561 g/mol. The maximum Gasteiger partial charge on any atom is 0.269 e. The molecule has 0 spiro atoms. The molecule has 3 heterocycles. The first-order valence-electron chi connectivity index (χ1n) is 13.0. The molecule has 0 amide bonds. The van der Waals surface area contributed by atoms with Crippen molar-refractivity contribution < 1.29 is 18.3 Å². The number of fused-ring (bicyclic) bond motifs is 1. The maximum atomic E-state index is 13.8. The number of aliphatic hydroxyl groups is 1. The van der Waals surface area contributed by atoms with Crippen LogP contribution in [0.2, 0.25) is 0 Å². The molecule has 0 aliphatic rings. The van der Waals surface area contributed by atoms with Crippen molar-refractivity contribution in [2.45, 2.75) is 17.9 Å². The van der Waals surface area contributed by atoms with E-state index in [0.717, 1.165) is 22.3 Å². The molecule has 7 nitrogen and oxygen atoms in total. The molecule has 0 saturated heterocycles. The Balaban J connectivity index is 1.53. The Morgan fingerprint density at radius 2 is 1.61 bits per heavy atom. The van der Waals surface area contributed by atoms with Crippen LogP contribution in [-0.4, -0.2) is 34.6 Å². The second-order valence-electron chi connectivity index (χ2n) is 9.73. The number of aliphatic hydroxyl groups excluding tert-OH is 1. The number of ether oxygens (including phenoxy) is 1. The zero-order valence-corrected chi connectivity index (χ0v) is 23.3. The molecule has 0 fully saturated rings. The molecule has 3 aromatic heterocycles. The summed E-state index contributed by atoms with van der Waals surface area (Å²) in [6.45, 7) is 1.91. The minimum atomic E-state index is -3.94. The van der Waals surface area contributed by atoms with E-state index in [4.69, 9.17) is 4.74 Å². The van der Waals surface area contributed by atoms with Crippen LogP contribution in [-0.2, 0) is 10.0 Å². The highest BCUT2D eigenvalue weighted by atomic mass is 32.2. The van der Waals surface area contributed by atoms with Gasteiger partial charge in [0.2, 0.25) is 0 Å². The van der Waals surface area contributed by atoms with Crippen LogP contribution in [0.25, 0.3) is 33.3 Å². The lowest BCUT2D eigenvalue weighted by atomic mass is 9.98. The number of para-hydroxylation sites is 1. The predicted molar refractivity (Wildman–Crippen MR) is 159 cm³/mol. The van der Waals surface area contributed by atoms with Crippen LogP contribution in [0.5, 0.6) is 5.75 Å². The molecule has 41 heavy (non-hydrogen) atoms. The number of nitrogens with zero attached hydrogens (tertiary/aromatic N) is 3. The third kappa shape index (κ3) is 4.88. The number of methoxy groups -OCH3 is 1. The summed E-state index contributed by atoms with van der Waals surface area (Å²) < 4.78 is 34.5. The Kier molecular flexibility index (Phi) is 6.86. The molecule has 204 valence electrons. The summed E-state index contributed by atoms with van der Waals surface area (Å²) in [6.07, 6.45) is 4.02. The fourth-order valence-corrected chi connectivity index (χ4v) is 6.25.